The van der Waals surface area contributed by atoms with Gasteiger partial charge in [-0.1, -0.05) is 6.92 Å². The lowest BCUT2D eigenvalue weighted by Crippen LogP contribution is -2.36. The quantitative estimate of drug-likeness (QED) is 0.880. The van der Waals surface area contributed by atoms with Gasteiger partial charge in [0, 0.05) is 44.6 Å². The molecule has 1 aliphatic heterocycles. The van der Waals surface area contributed by atoms with Crippen LogP contribution in [-0.2, 0) is 0 Å². The number of urea groups is 1. The number of nitrogens with zero attached hydrogens (tertiary/aromatic N) is 2. The van der Waals surface area contributed by atoms with Crippen LogP contribution in [0.4, 0.5) is 16.2 Å². The number of nitrogens with one attached hydrogen (secondary N) is 2. The lowest BCUT2D eigenvalue weighted by molar-refractivity contribution is 0.0943. The first-order chi connectivity index (χ1) is 11.8. The van der Waals surface area contributed by atoms with E-state index in [0.717, 1.165) is 37.5 Å². The van der Waals surface area contributed by atoms with Gasteiger partial charge in [-0.15, -0.1) is 0 Å². The molecule has 1 saturated heterocycles. The van der Waals surface area contributed by atoms with Crippen molar-refractivity contribution in [2.75, 3.05) is 37.4 Å². The Morgan fingerprint density at radius 1 is 1.20 bits per heavy atom. The molecule has 1 aromatic rings. The molecule has 0 spiro atoms. The number of hydrogen-bond donors (Lipinski definition) is 2. The number of anilines is 2. The molecule has 1 aliphatic rings. The van der Waals surface area contributed by atoms with E-state index in [0.29, 0.717) is 11.3 Å². The summed E-state index contributed by atoms with van der Waals surface area (Å²) in [5.74, 6) is 0.618. The Morgan fingerprint density at radius 3 is 2.40 bits per heavy atom. The molecule has 0 bridgehead atoms. The first-order valence-corrected chi connectivity index (χ1v) is 8.96. The molecule has 2 rings (SSSR count). The summed E-state index contributed by atoms with van der Waals surface area (Å²) in [6, 6.07) is 5.42. The minimum atomic E-state index is -0.213. The highest BCUT2D eigenvalue weighted by atomic mass is 16.2. The molecule has 138 valence electrons. The van der Waals surface area contributed by atoms with Crippen LogP contribution in [0.15, 0.2) is 18.2 Å². The van der Waals surface area contributed by atoms with Gasteiger partial charge in [0.1, 0.15) is 0 Å². The Bertz CT molecular complexity index is 620. The van der Waals surface area contributed by atoms with Gasteiger partial charge in [0.2, 0.25) is 0 Å². The van der Waals surface area contributed by atoms with Crippen LogP contribution >= 0.6 is 0 Å². The van der Waals surface area contributed by atoms with E-state index in [4.69, 9.17) is 0 Å². The van der Waals surface area contributed by atoms with Crippen LogP contribution in [0.3, 0.4) is 0 Å². The van der Waals surface area contributed by atoms with Crippen LogP contribution in [0.5, 0.6) is 0 Å². The summed E-state index contributed by atoms with van der Waals surface area (Å²) in [7, 11) is 3.37. The lowest BCUT2D eigenvalue weighted by atomic mass is 9.97. The number of carbonyl (C=O) groups excluding carboxylic acids is 2. The first kappa shape index (κ1) is 19.1. The van der Waals surface area contributed by atoms with Gasteiger partial charge < -0.3 is 20.4 Å². The molecular formula is C19H30N4O2. The minimum absolute atomic E-state index is 0.0572. The molecule has 6 nitrogen and oxygen atoms in total. The number of piperidine rings is 1. The van der Waals surface area contributed by atoms with E-state index >= 15 is 0 Å². The van der Waals surface area contributed by atoms with Crippen molar-refractivity contribution >= 4 is 23.3 Å². The van der Waals surface area contributed by atoms with E-state index in [1.807, 2.05) is 26.0 Å². The van der Waals surface area contributed by atoms with Crippen LogP contribution in [0.25, 0.3) is 0 Å². The molecule has 25 heavy (non-hydrogen) atoms. The average Bonchev–Trinajstić information content (AvgIpc) is 2.55. The van der Waals surface area contributed by atoms with Crippen LogP contribution in [-0.4, -0.2) is 50.1 Å². The molecule has 0 atom stereocenters. The second-order valence-electron chi connectivity index (χ2n) is 7.35. The SMILES string of the molecule is CC1CCN(c2ccc(NC(=O)N(C)C)cc2C(=O)NC(C)C)CC1. The van der Waals surface area contributed by atoms with Crippen LogP contribution < -0.4 is 15.5 Å². The third-order valence-corrected chi connectivity index (χ3v) is 4.44. The Balaban J connectivity index is 2.30. The minimum Gasteiger partial charge on any atom is -0.371 e. The van der Waals surface area contributed by atoms with Gasteiger partial charge in [0.05, 0.1) is 5.56 Å². The second kappa shape index (κ2) is 8.23. The number of rotatable bonds is 4. The summed E-state index contributed by atoms with van der Waals surface area (Å²) in [6.45, 7) is 8.05. The lowest BCUT2D eigenvalue weighted by Gasteiger charge is -2.33. The summed E-state index contributed by atoms with van der Waals surface area (Å²) in [5.41, 5.74) is 2.18. The number of carbonyl (C=O) groups is 2. The molecule has 0 unspecified atom stereocenters. The summed E-state index contributed by atoms with van der Waals surface area (Å²) < 4.78 is 0. The smallest absolute Gasteiger partial charge is 0.321 e. The van der Waals surface area contributed by atoms with Crippen molar-refractivity contribution in [3.05, 3.63) is 23.8 Å². The molecule has 0 saturated carbocycles. The molecule has 0 aromatic heterocycles. The fourth-order valence-electron chi connectivity index (χ4n) is 2.90. The molecule has 3 amide bonds. The van der Waals surface area contributed by atoms with Crippen molar-refractivity contribution in [3.8, 4) is 0 Å². The van der Waals surface area contributed by atoms with Crippen LogP contribution in [0, 0.1) is 5.92 Å². The normalized spacial score (nSPS) is 15.2. The van der Waals surface area contributed by atoms with Crippen LogP contribution in [0.1, 0.15) is 44.0 Å². The molecule has 2 N–H and O–H groups in total. The van der Waals surface area contributed by atoms with Crippen molar-refractivity contribution in [2.24, 2.45) is 5.92 Å². The maximum absolute atomic E-state index is 12.7. The molecule has 1 fully saturated rings. The fraction of sp³-hybridized carbons (Fsp3) is 0.579. The Labute approximate surface area is 150 Å². The monoisotopic (exact) mass is 346 g/mol. The fourth-order valence-corrected chi connectivity index (χ4v) is 2.90. The second-order valence-corrected chi connectivity index (χ2v) is 7.35. The number of hydrogen-bond acceptors (Lipinski definition) is 3. The van der Waals surface area contributed by atoms with E-state index in [-0.39, 0.29) is 18.0 Å². The Kier molecular flexibility index (Phi) is 6.28. The predicted octanol–water partition coefficient (Wildman–Crippen LogP) is 3.15. The van der Waals surface area contributed by atoms with E-state index in [1.54, 1.807) is 20.2 Å². The van der Waals surface area contributed by atoms with E-state index in [1.165, 1.54) is 4.90 Å². The van der Waals surface area contributed by atoms with Gasteiger partial charge in [0.25, 0.3) is 5.91 Å². The largest absolute Gasteiger partial charge is 0.371 e. The molecule has 0 radical (unpaired) electrons. The summed E-state index contributed by atoms with van der Waals surface area (Å²) in [6.07, 6.45) is 2.26. The molecular weight excluding hydrogens is 316 g/mol. The highest BCUT2D eigenvalue weighted by Gasteiger charge is 2.22. The zero-order valence-electron chi connectivity index (χ0n) is 15.9. The Morgan fingerprint density at radius 2 is 1.84 bits per heavy atom. The standard InChI is InChI=1S/C19H30N4O2/c1-13(2)20-18(24)16-12-15(21-19(25)22(4)5)6-7-17(16)23-10-8-14(3)9-11-23/h6-7,12-14H,8-11H2,1-5H3,(H,20,24)(H,21,25). The van der Waals surface area contributed by atoms with Crippen molar-refractivity contribution in [3.63, 3.8) is 0 Å². The molecule has 1 heterocycles. The van der Waals surface area contributed by atoms with Gasteiger partial charge in [-0.2, -0.15) is 0 Å². The summed E-state index contributed by atoms with van der Waals surface area (Å²) in [4.78, 5) is 28.3. The van der Waals surface area contributed by atoms with Crippen molar-refractivity contribution in [2.45, 2.75) is 39.7 Å². The third-order valence-electron chi connectivity index (χ3n) is 4.44. The summed E-state index contributed by atoms with van der Waals surface area (Å²) >= 11 is 0. The van der Waals surface area contributed by atoms with Gasteiger partial charge in [-0.25, -0.2) is 4.79 Å². The average molecular weight is 346 g/mol. The summed E-state index contributed by atoms with van der Waals surface area (Å²) in [5, 5.41) is 5.78. The highest BCUT2D eigenvalue weighted by Crippen LogP contribution is 2.29. The zero-order valence-corrected chi connectivity index (χ0v) is 15.9. The van der Waals surface area contributed by atoms with Crippen molar-refractivity contribution < 1.29 is 9.59 Å². The van der Waals surface area contributed by atoms with Crippen LogP contribution in [0.2, 0.25) is 0 Å². The maximum Gasteiger partial charge on any atom is 0.321 e. The Hall–Kier alpha value is -2.24. The topological polar surface area (TPSA) is 64.7 Å². The zero-order chi connectivity index (χ0) is 18.6. The number of amides is 3. The molecule has 1 aromatic carbocycles. The van der Waals surface area contributed by atoms with Gasteiger partial charge in [0.15, 0.2) is 0 Å². The maximum atomic E-state index is 12.7. The van der Waals surface area contributed by atoms with Crippen molar-refractivity contribution in [1.29, 1.82) is 0 Å². The van der Waals surface area contributed by atoms with E-state index in [2.05, 4.69) is 22.5 Å². The molecule has 6 heteroatoms. The predicted molar refractivity (Wildman–Crippen MR) is 102 cm³/mol. The number of benzene rings is 1. The van der Waals surface area contributed by atoms with E-state index < -0.39 is 0 Å². The van der Waals surface area contributed by atoms with Gasteiger partial charge >= 0.3 is 6.03 Å². The molecule has 0 aliphatic carbocycles. The highest BCUT2D eigenvalue weighted by molar-refractivity contribution is 6.02. The first-order valence-electron chi connectivity index (χ1n) is 8.96. The van der Waals surface area contributed by atoms with Gasteiger partial charge in [-0.3, -0.25) is 4.79 Å². The van der Waals surface area contributed by atoms with Crippen molar-refractivity contribution in [1.82, 2.24) is 10.2 Å². The van der Waals surface area contributed by atoms with Gasteiger partial charge in [-0.05, 0) is 50.8 Å². The van der Waals surface area contributed by atoms with E-state index in [9.17, 15) is 9.59 Å². The third kappa shape index (κ3) is 5.11.